The van der Waals surface area contributed by atoms with E-state index < -0.39 is 6.61 Å². The van der Waals surface area contributed by atoms with Crippen LogP contribution in [0.3, 0.4) is 0 Å². The van der Waals surface area contributed by atoms with E-state index >= 15 is 0 Å². The maximum absolute atomic E-state index is 12.6. The van der Waals surface area contributed by atoms with Crippen molar-refractivity contribution in [3.05, 3.63) is 23.8 Å². The molecule has 0 aromatic heterocycles. The lowest BCUT2D eigenvalue weighted by Gasteiger charge is -2.22. The first-order chi connectivity index (χ1) is 14.1. The van der Waals surface area contributed by atoms with Gasteiger partial charge < -0.3 is 29.2 Å². The first-order valence-electron chi connectivity index (χ1n) is 9.79. The number of rotatable bonds is 11. The number of likely N-dealkylation sites (tertiary alicyclic amines) is 1. The van der Waals surface area contributed by atoms with Crippen molar-refractivity contribution in [3.8, 4) is 11.5 Å². The van der Waals surface area contributed by atoms with E-state index in [2.05, 4.69) is 19.9 Å². The molecule has 0 spiro atoms. The predicted molar refractivity (Wildman–Crippen MR) is 122 cm³/mol. The van der Waals surface area contributed by atoms with Crippen molar-refractivity contribution in [2.24, 2.45) is 10.9 Å². The average molecular weight is 543 g/mol. The summed E-state index contributed by atoms with van der Waals surface area (Å²) in [5, 5.41) is 3.30. The zero-order valence-electron chi connectivity index (χ0n) is 17.7. The molecule has 0 aliphatic carbocycles. The lowest BCUT2D eigenvalue weighted by Crippen LogP contribution is -2.40. The monoisotopic (exact) mass is 543 g/mol. The molecule has 1 aromatic carbocycles. The SMILES string of the molecule is CCNC(=NCc1ccc(OC)c(OC(F)F)c1)N1CCC(COCCOC)C1.I. The fourth-order valence-corrected chi connectivity index (χ4v) is 3.15. The van der Waals surface area contributed by atoms with Gasteiger partial charge in [0, 0.05) is 32.7 Å². The minimum absolute atomic E-state index is 0. The van der Waals surface area contributed by atoms with Crippen molar-refractivity contribution in [1.82, 2.24) is 10.2 Å². The molecule has 1 aliphatic heterocycles. The van der Waals surface area contributed by atoms with Crippen LogP contribution in [-0.2, 0) is 16.0 Å². The Kier molecular flexibility index (Phi) is 12.9. The molecule has 1 aliphatic rings. The molecule has 0 radical (unpaired) electrons. The van der Waals surface area contributed by atoms with Crippen molar-refractivity contribution >= 4 is 29.9 Å². The number of hydrogen-bond donors (Lipinski definition) is 1. The molecular weight excluding hydrogens is 511 g/mol. The minimum Gasteiger partial charge on any atom is -0.493 e. The van der Waals surface area contributed by atoms with E-state index in [0.717, 1.165) is 37.6 Å². The Morgan fingerprint density at radius 1 is 1.27 bits per heavy atom. The summed E-state index contributed by atoms with van der Waals surface area (Å²) in [6.07, 6.45) is 1.03. The van der Waals surface area contributed by atoms with Crippen molar-refractivity contribution in [2.75, 3.05) is 53.7 Å². The van der Waals surface area contributed by atoms with Gasteiger partial charge in [-0.1, -0.05) is 6.07 Å². The van der Waals surface area contributed by atoms with Crippen LogP contribution in [0.2, 0.25) is 0 Å². The summed E-state index contributed by atoms with van der Waals surface area (Å²) in [6.45, 7) is 3.84. The lowest BCUT2D eigenvalue weighted by molar-refractivity contribution is -0.0512. The van der Waals surface area contributed by atoms with Crippen molar-refractivity contribution < 1.29 is 27.7 Å². The molecule has 172 valence electrons. The molecule has 2 rings (SSSR count). The second kappa shape index (κ2) is 14.6. The smallest absolute Gasteiger partial charge is 0.387 e. The third kappa shape index (κ3) is 8.76. The fourth-order valence-electron chi connectivity index (χ4n) is 3.15. The second-order valence-corrected chi connectivity index (χ2v) is 6.70. The van der Waals surface area contributed by atoms with Gasteiger partial charge in [-0.25, -0.2) is 4.99 Å². The molecule has 30 heavy (non-hydrogen) atoms. The summed E-state index contributed by atoms with van der Waals surface area (Å²) in [5.74, 6) is 1.53. The van der Waals surface area contributed by atoms with Crippen LogP contribution < -0.4 is 14.8 Å². The highest BCUT2D eigenvalue weighted by atomic mass is 127. The van der Waals surface area contributed by atoms with Gasteiger partial charge in [0.25, 0.3) is 0 Å². The van der Waals surface area contributed by atoms with Crippen LogP contribution in [0, 0.1) is 5.92 Å². The highest BCUT2D eigenvalue weighted by Crippen LogP contribution is 2.29. The Bertz CT molecular complexity index is 652. The van der Waals surface area contributed by atoms with Crippen LogP contribution in [-0.4, -0.2) is 71.1 Å². The number of aliphatic imine (C=N–C) groups is 1. The van der Waals surface area contributed by atoms with E-state index in [9.17, 15) is 8.78 Å². The maximum Gasteiger partial charge on any atom is 0.387 e. The molecule has 0 saturated carbocycles. The van der Waals surface area contributed by atoms with E-state index in [1.54, 1.807) is 19.2 Å². The Morgan fingerprint density at radius 3 is 2.73 bits per heavy atom. The molecule has 1 heterocycles. The molecule has 10 heteroatoms. The van der Waals surface area contributed by atoms with Gasteiger partial charge in [0.2, 0.25) is 0 Å². The zero-order valence-corrected chi connectivity index (χ0v) is 20.1. The molecule has 1 N–H and O–H groups in total. The number of hydrogen-bond acceptors (Lipinski definition) is 5. The normalized spacial score (nSPS) is 16.5. The van der Waals surface area contributed by atoms with Gasteiger partial charge in [0.05, 0.1) is 33.5 Å². The van der Waals surface area contributed by atoms with E-state index in [1.807, 2.05) is 6.92 Å². The average Bonchev–Trinajstić information content (AvgIpc) is 3.17. The summed E-state index contributed by atoms with van der Waals surface area (Å²) >= 11 is 0. The number of guanidine groups is 1. The molecule has 0 bridgehead atoms. The molecule has 0 amide bonds. The van der Waals surface area contributed by atoms with Crippen LogP contribution in [0.1, 0.15) is 18.9 Å². The Balaban J connectivity index is 0.00000450. The molecule has 7 nitrogen and oxygen atoms in total. The second-order valence-electron chi connectivity index (χ2n) is 6.70. The third-order valence-electron chi connectivity index (χ3n) is 4.56. The number of ether oxygens (including phenoxy) is 4. The number of halogens is 3. The zero-order chi connectivity index (χ0) is 21.1. The minimum atomic E-state index is -2.91. The van der Waals surface area contributed by atoms with Gasteiger partial charge in [0.15, 0.2) is 17.5 Å². The highest BCUT2D eigenvalue weighted by Gasteiger charge is 2.25. The topological polar surface area (TPSA) is 64.6 Å². The number of benzene rings is 1. The summed E-state index contributed by atoms with van der Waals surface area (Å²) in [6, 6.07) is 4.94. The molecular formula is C20H32F2IN3O4. The molecule has 1 aromatic rings. The van der Waals surface area contributed by atoms with E-state index in [0.29, 0.717) is 32.3 Å². The fraction of sp³-hybridized carbons (Fsp3) is 0.650. The first kappa shape index (κ1) is 26.6. The van der Waals surface area contributed by atoms with Crippen molar-refractivity contribution in [3.63, 3.8) is 0 Å². The standard InChI is InChI=1S/C20H31F2N3O4.HI/c1-4-23-20(25-8-7-16(13-25)14-28-10-9-26-2)24-12-15-5-6-17(27-3)18(11-15)29-19(21)22;/h5-6,11,16,19H,4,7-10,12-14H2,1-3H3,(H,23,24);1H. The maximum atomic E-state index is 12.6. The van der Waals surface area contributed by atoms with Crippen LogP contribution in [0.5, 0.6) is 11.5 Å². The van der Waals surface area contributed by atoms with Gasteiger partial charge in [-0.3, -0.25) is 0 Å². The lowest BCUT2D eigenvalue weighted by atomic mass is 10.1. The van der Waals surface area contributed by atoms with Crippen LogP contribution in [0.25, 0.3) is 0 Å². The Morgan fingerprint density at radius 2 is 2.07 bits per heavy atom. The Labute approximate surface area is 194 Å². The van der Waals surface area contributed by atoms with E-state index in [4.69, 9.17) is 14.2 Å². The predicted octanol–water partition coefficient (Wildman–Crippen LogP) is 3.37. The van der Waals surface area contributed by atoms with Gasteiger partial charge in [-0.2, -0.15) is 8.78 Å². The van der Waals surface area contributed by atoms with Gasteiger partial charge in [-0.05, 0) is 31.0 Å². The van der Waals surface area contributed by atoms with Gasteiger partial charge in [-0.15, -0.1) is 24.0 Å². The van der Waals surface area contributed by atoms with E-state index in [-0.39, 0.29) is 35.5 Å². The summed E-state index contributed by atoms with van der Waals surface area (Å²) in [7, 11) is 3.07. The van der Waals surface area contributed by atoms with Crippen molar-refractivity contribution in [1.29, 1.82) is 0 Å². The van der Waals surface area contributed by atoms with Gasteiger partial charge in [0.1, 0.15) is 0 Å². The molecule has 1 fully saturated rings. The summed E-state index contributed by atoms with van der Waals surface area (Å²) in [4.78, 5) is 6.87. The van der Waals surface area contributed by atoms with Gasteiger partial charge >= 0.3 is 6.61 Å². The molecule has 1 unspecified atom stereocenters. The van der Waals surface area contributed by atoms with Crippen LogP contribution in [0.15, 0.2) is 23.2 Å². The number of nitrogens with one attached hydrogen (secondary N) is 1. The molecule has 1 atom stereocenters. The number of methoxy groups -OCH3 is 2. The number of nitrogens with zero attached hydrogens (tertiary/aromatic N) is 2. The highest BCUT2D eigenvalue weighted by molar-refractivity contribution is 14.0. The number of alkyl halides is 2. The largest absolute Gasteiger partial charge is 0.493 e. The van der Waals surface area contributed by atoms with Crippen molar-refractivity contribution in [2.45, 2.75) is 26.5 Å². The van der Waals surface area contributed by atoms with Crippen LogP contribution in [0.4, 0.5) is 8.78 Å². The first-order valence-corrected chi connectivity index (χ1v) is 9.79. The Hall–Kier alpha value is -1.40. The summed E-state index contributed by atoms with van der Waals surface area (Å²) < 4.78 is 45.5. The van der Waals surface area contributed by atoms with E-state index in [1.165, 1.54) is 13.2 Å². The third-order valence-corrected chi connectivity index (χ3v) is 4.56. The van der Waals surface area contributed by atoms with Crippen LogP contribution >= 0.6 is 24.0 Å². The quantitative estimate of drug-likeness (QED) is 0.200. The summed E-state index contributed by atoms with van der Waals surface area (Å²) in [5.41, 5.74) is 0.760. The molecule has 1 saturated heterocycles.